The lowest BCUT2D eigenvalue weighted by Crippen LogP contribution is -2.19. The molecule has 0 saturated carbocycles. The van der Waals surface area contributed by atoms with Gasteiger partial charge in [-0.2, -0.15) is 11.8 Å². The molecule has 0 aliphatic heterocycles. The summed E-state index contributed by atoms with van der Waals surface area (Å²) in [7, 11) is 2.09. The smallest absolute Gasteiger partial charge is 0.185 e. The summed E-state index contributed by atoms with van der Waals surface area (Å²) in [5.41, 5.74) is 8.02. The minimum Gasteiger partial charge on any atom is -0.350 e. The predicted octanol–water partition coefficient (Wildman–Crippen LogP) is 3.07. The molecule has 1 aromatic carbocycles. The van der Waals surface area contributed by atoms with Crippen LogP contribution < -0.4 is 10.6 Å². The van der Waals surface area contributed by atoms with Gasteiger partial charge in [0.1, 0.15) is 0 Å². The number of benzene rings is 1. The average Bonchev–Trinajstić information content (AvgIpc) is 2.90. The van der Waals surface area contributed by atoms with E-state index in [1.165, 1.54) is 0 Å². The minimum absolute atomic E-state index is 0.540. The number of thiazole rings is 1. The largest absolute Gasteiger partial charge is 0.350 e. The lowest BCUT2D eigenvalue weighted by molar-refractivity contribution is 0.967. The van der Waals surface area contributed by atoms with Crippen LogP contribution in [-0.4, -0.2) is 30.6 Å². The van der Waals surface area contributed by atoms with E-state index in [0.29, 0.717) is 6.54 Å². The van der Waals surface area contributed by atoms with Crippen LogP contribution in [0.3, 0.4) is 0 Å². The number of nitrogens with two attached hydrogens (primary N) is 1. The third kappa shape index (κ3) is 3.49. The summed E-state index contributed by atoms with van der Waals surface area (Å²) in [6.45, 7) is 1.55. The van der Waals surface area contributed by atoms with Gasteiger partial charge in [0.25, 0.3) is 0 Å². The van der Waals surface area contributed by atoms with Crippen LogP contribution in [0.2, 0.25) is 0 Å². The molecule has 0 aliphatic carbocycles. The molecule has 1 heterocycles. The maximum Gasteiger partial charge on any atom is 0.185 e. The summed E-state index contributed by atoms with van der Waals surface area (Å²) < 4.78 is 0. The van der Waals surface area contributed by atoms with Crippen LogP contribution in [0, 0.1) is 0 Å². The fraction of sp³-hybridized carbons (Fsp3) is 0.357. The summed E-state index contributed by atoms with van der Waals surface area (Å²) in [5, 5.41) is 1.05. The van der Waals surface area contributed by atoms with Crippen molar-refractivity contribution >= 4 is 28.2 Å². The Bertz CT molecular complexity index is 511. The number of aromatic nitrogens is 1. The average molecular weight is 293 g/mol. The van der Waals surface area contributed by atoms with Crippen LogP contribution in [-0.2, 0) is 6.54 Å². The van der Waals surface area contributed by atoms with Crippen LogP contribution in [0.15, 0.2) is 30.3 Å². The van der Waals surface area contributed by atoms with Gasteiger partial charge in [0.15, 0.2) is 5.13 Å². The number of hydrogen-bond donors (Lipinski definition) is 1. The number of hydrogen-bond acceptors (Lipinski definition) is 5. The van der Waals surface area contributed by atoms with Crippen LogP contribution in [0.4, 0.5) is 5.13 Å². The highest BCUT2D eigenvalue weighted by Gasteiger charge is 2.14. The van der Waals surface area contributed by atoms with Crippen LogP contribution in [0.25, 0.3) is 11.3 Å². The molecule has 0 radical (unpaired) electrons. The molecule has 0 bridgehead atoms. The van der Waals surface area contributed by atoms with Gasteiger partial charge in [-0.3, -0.25) is 0 Å². The number of thioether (sulfide) groups is 1. The molecule has 2 rings (SSSR count). The Kier molecular flexibility index (Phi) is 5.24. The fourth-order valence-electron chi connectivity index (χ4n) is 1.79. The van der Waals surface area contributed by atoms with Gasteiger partial charge in [0.2, 0.25) is 0 Å². The van der Waals surface area contributed by atoms with Gasteiger partial charge in [-0.05, 0) is 6.26 Å². The molecule has 2 N–H and O–H groups in total. The Morgan fingerprint density at radius 2 is 2.05 bits per heavy atom. The lowest BCUT2D eigenvalue weighted by Gasteiger charge is -2.14. The number of rotatable bonds is 6. The van der Waals surface area contributed by atoms with Gasteiger partial charge in [-0.1, -0.05) is 41.7 Å². The molecule has 0 spiro atoms. The fourth-order valence-corrected chi connectivity index (χ4v) is 3.19. The minimum atomic E-state index is 0.540. The maximum atomic E-state index is 5.85. The standard InChI is InChI=1S/C14H19N3S2/c1-17(8-9-18-2)14-16-13(12(10-15)19-14)11-6-4-3-5-7-11/h3-7H,8-10,15H2,1-2H3. The first-order chi connectivity index (χ1) is 9.26. The highest BCUT2D eigenvalue weighted by atomic mass is 32.2. The molecule has 0 aliphatic rings. The molecule has 0 unspecified atom stereocenters. The molecule has 1 aromatic heterocycles. The molecule has 0 atom stereocenters. The van der Waals surface area contributed by atoms with Gasteiger partial charge in [-0.15, -0.1) is 0 Å². The molecule has 5 heteroatoms. The predicted molar refractivity (Wildman–Crippen MR) is 87.1 cm³/mol. The summed E-state index contributed by atoms with van der Waals surface area (Å²) in [5.74, 6) is 1.11. The lowest BCUT2D eigenvalue weighted by atomic mass is 10.1. The van der Waals surface area contributed by atoms with Gasteiger partial charge >= 0.3 is 0 Å². The second-order valence-electron chi connectivity index (χ2n) is 4.25. The Balaban J connectivity index is 2.27. The Morgan fingerprint density at radius 1 is 1.32 bits per heavy atom. The van der Waals surface area contributed by atoms with E-state index in [9.17, 15) is 0 Å². The van der Waals surface area contributed by atoms with Gasteiger partial charge in [0, 0.05) is 36.3 Å². The molecular formula is C14H19N3S2. The third-order valence-corrected chi connectivity index (χ3v) is 4.66. The highest BCUT2D eigenvalue weighted by molar-refractivity contribution is 7.98. The topological polar surface area (TPSA) is 42.2 Å². The zero-order chi connectivity index (χ0) is 13.7. The second-order valence-corrected chi connectivity index (χ2v) is 6.30. The van der Waals surface area contributed by atoms with Crippen molar-refractivity contribution in [3.05, 3.63) is 35.2 Å². The zero-order valence-electron chi connectivity index (χ0n) is 11.3. The third-order valence-electron chi connectivity index (χ3n) is 2.88. The van der Waals surface area contributed by atoms with E-state index in [2.05, 4.69) is 30.3 Å². The van der Waals surface area contributed by atoms with Crippen LogP contribution in [0.1, 0.15) is 4.88 Å². The van der Waals surface area contributed by atoms with E-state index in [4.69, 9.17) is 10.7 Å². The van der Waals surface area contributed by atoms with Crippen molar-refractivity contribution in [3.63, 3.8) is 0 Å². The zero-order valence-corrected chi connectivity index (χ0v) is 12.9. The van der Waals surface area contributed by atoms with Crippen molar-refractivity contribution < 1.29 is 0 Å². The SMILES string of the molecule is CSCCN(C)c1nc(-c2ccccc2)c(CN)s1. The molecular weight excluding hydrogens is 274 g/mol. The Hall–Kier alpha value is -1.04. The van der Waals surface area contributed by atoms with Crippen LogP contribution >= 0.6 is 23.1 Å². The molecule has 2 aromatic rings. The molecule has 19 heavy (non-hydrogen) atoms. The van der Waals surface area contributed by atoms with Crippen molar-refractivity contribution in [1.29, 1.82) is 0 Å². The maximum absolute atomic E-state index is 5.85. The van der Waals surface area contributed by atoms with Crippen molar-refractivity contribution in [2.45, 2.75) is 6.54 Å². The van der Waals surface area contributed by atoms with Gasteiger partial charge in [0.05, 0.1) is 5.69 Å². The van der Waals surface area contributed by atoms with E-state index in [-0.39, 0.29) is 0 Å². The van der Waals surface area contributed by atoms with Gasteiger partial charge < -0.3 is 10.6 Å². The van der Waals surface area contributed by atoms with E-state index in [1.807, 2.05) is 30.0 Å². The molecule has 0 amide bonds. The molecule has 0 saturated heterocycles. The van der Waals surface area contributed by atoms with E-state index >= 15 is 0 Å². The van der Waals surface area contributed by atoms with Gasteiger partial charge in [-0.25, -0.2) is 4.98 Å². The Morgan fingerprint density at radius 3 is 2.68 bits per heavy atom. The van der Waals surface area contributed by atoms with E-state index < -0.39 is 0 Å². The first-order valence-corrected chi connectivity index (χ1v) is 8.42. The first kappa shape index (κ1) is 14.4. The quantitative estimate of drug-likeness (QED) is 0.889. The second kappa shape index (κ2) is 6.93. The Labute approximate surface area is 122 Å². The van der Waals surface area contributed by atoms with E-state index in [0.717, 1.165) is 33.6 Å². The molecule has 3 nitrogen and oxygen atoms in total. The summed E-state index contributed by atoms with van der Waals surface area (Å²) in [6, 6.07) is 10.3. The molecule has 0 fully saturated rings. The van der Waals surface area contributed by atoms with Crippen molar-refractivity contribution in [3.8, 4) is 11.3 Å². The van der Waals surface area contributed by atoms with Crippen molar-refractivity contribution in [1.82, 2.24) is 4.98 Å². The number of anilines is 1. The summed E-state index contributed by atoms with van der Waals surface area (Å²) >= 11 is 3.54. The van der Waals surface area contributed by atoms with Crippen LogP contribution in [0.5, 0.6) is 0 Å². The monoisotopic (exact) mass is 293 g/mol. The van der Waals surface area contributed by atoms with Crippen molar-refractivity contribution in [2.75, 3.05) is 30.5 Å². The molecule has 102 valence electrons. The summed E-state index contributed by atoms with van der Waals surface area (Å²) in [4.78, 5) is 8.11. The highest BCUT2D eigenvalue weighted by Crippen LogP contribution is 2.32. The first-order valence-electron chi connectivity index (χ1n) is 6.21. The van der Waals surface area contributed by atoms with Crippen molar-refractivity contribution in [2.24, 2.45) is 5.73 Å². The normalized spacial score (nSPS) is 10.7. The van der Waals surface area contributed by atoms with E-state index in [1.54, 1.807) is 11.3 Å². The summed E-state index contributed by atoms with van der Waals surface area (Å²) in [6.07, 6.45) is 2.12. The number of nitrogens with zero attached hydrogens (tertiary/aromatic N) is 2.